The SMILES string of the molecule is CC(C(=O)Nc1cc(C(N)=O)c(F)cc1F)=C1CNC1. The van der Waals surface area contributed by atoms with E-state index < -0.39 is 29.0 Å². The molecule has 106 valence electrons. The van der Waals surface area contributed by atoms with Crippen molar-refractivity contribution >= 4 is 17.5 Å². The van der Waals surface area contributed by atoms with Crippen LogP contribution in [-0.4, -0.2) is 24.9 Å². The van der Waals surface area contributed by atoms with Crippen molar-refractivity contribution < 1.29 is 18.4 Å². The van der Waals surface area contributed by atoms with E-state index in [1.54, 1.807) is 6.92 Å². The van der Waals surface area contributed by atoms with E-state index in [9.17, 15) is 18.4 Å². The van der Waals surface area contributed by atoms with Gasteiger partial charge in [0.05, 0.1) is 11.3 Å². The molecule has 1 aromatic carbocycles. The number of nitrogens with one attached hydrogen (secondary N) is 2. The normalized spacial score (nSPS) is 13.7. The largest absolute Gasteiger partial charge is 0.366 e. The van der Waals surface area contributed by atoms with Crippen molar-refractivity contribution in [1.29, 1.82) is 0 Å². The highest BCUT2D eigenvalue weighted by Gasteiger charge is 2.19. The number of carbonyl (C=O) groups is 2. The zero-order chi connectivity index (χ0) is 14.9. The summed E-state index contributed by atoms with van der Waals surface area (Å²) in [6, 6.07) is 1.41. The number of nitrogens with two attached hydrogens (primary N) is 1. The van der Waals surface area contributed by atoms with Crippen molar-refractivity contribution in [3.63, 3.8) is 0 Å². The highest BCUT2D eigenvalue weighted by atomic mass is 19.1. The van der Waals surface area contributed by atoms with Crippen LogP contribution in [-0.2, 0) is 4.79 Å². The van der Waals surface area contributed by atoms with Crippen LogP contribution in [0, 0.1) is 11.6 Å². The maximum atomic E-state index is 13.6. The number of rotatable bonds is 3. The average molecular weight is 281 g/mol. The summed E-state index contributed by atoms with van der Waals surface area (Å²) in [6.45, 7) is 2.83. The highest BCUT2D eigenvalue weighted by Crippen LogP contribution is 2.20. The number of anilines is 1. The van der Waals surface area contributed by atoms with Gasteiger partial charge in [-0.2, -0.15) is 0 Å². The average Bonchev–Trinajstić information content (AvgIpc) is 2.29. The molecule has 0 bridgehead atoms. The van der Waals surface area contributed by atoms with Crippen molar-refractivity contribution in [2.24, 2.45) is 5.73 Å². The molecule has 0 radical (unpaired) electrons. The number of carbonyl (C=O) groups excluding carboxylic acids is 2. The van der Waals surface area contributed by atoms with Crippen molar-refractivity contribution in [2.45, 2.75) is 6.92 Å². The second-order valence-corrected chi connectivity index (χ2v) is 4.46. The number of primary amides is 1. The molecule has 0 aromatic heterocycles. The van der Waals surface area contributed by atoms with E-state index in [2.05, 4.69) is 10.6 Å². The van der Waals surface area contributed by atoms with Crippen LogP contribution in [0.3, 0.4) is 0 Å². The fourth-order valence-corrected chi connectivity index (χ4v) is 1.73. The van der Waals surface area contributed by atoms with Crippen LogP contribution in [0.15, 0.2) is 23.3 Å². The summed E-state index contributed by atoms with van der Waals surface area (Å²) in [5, 5.41) is 5.29. The van der Waals surface area contributed by atoms with Crippen LogP contribution >= 0.6 is 0 Å². The Hall–Kier alpha value is -2.28. The minimum absolute atomic E-state index is 0.280. The van der Waals surface area contributed by atoms with Crippen LogP contribution in [0.2, 0.25) is 0 Å². The maximum absolute atomic E-state index is 13.6. The zero-order valence-electron chi connectivity index (χ0n) is 10.7. The summed E-state index contributed by atoms with van der Waals surface area (Å²) in [5.74, 6) is -3.56. The molecule has 0 atom stereocenters. The van der Waals surface area contributed by atoms with Crippen LogP contribution in [0.1, 0.15) is 17.3 Å². The fraction of sp³-hybridized carbons (Fsp3) is 0.231. The van der Waals surface area contributed by atoms with E-state index in [0.29, 0.717) is 24.7 Å². The molecule has 20 heavy (non-hydrogen) atoms. The molecular weight excluding hydrogens is 268 g/mol. The Bertz CT molecular complexity index is 620. The topological polar surface area (TPSA) is 84.2 Å². The van der Waals surface area contributed by atoms with Crippen LogP contribution in [0.5, 0.6) is 0 Å². The van der Waals surface area contributed by atoms with Gasteiger partial charge in [-0.1, -0.05) is 0 Å². The molecule has 7 heteroatoms. The number of hydrogen-bond acceptors (Lipinski definition) is 3. The van der Waals surface area contributed by atoms with Gasteiger partial charge in [-0.05, 0) is 18.6 Å². The van der Waals surface area contributed by atoms with Gasteiger partial charge in [0.1, 0.15) is 11.6 Å². The summed E-state index contributed by atoms with van der Waals surface area (Å²) < 4.78 is 26.9. The van der Waals surface area contributed by atoms with Gasteiger partial charge in [0.2, 0.25) is 0 Å². The molecule has 0 saturated carbocycles. The minimum atomic E-state index is -1.06. The summed E-state index contributed by atoms with van der Waals surface area (Å²) in [5.41, 5.74) is 5.60. The predicted molar refractivity (Wildman–Crippen MR) is 69.1 cm³/mol. The lowest BCUT2D eigenvalue weighted by Crippen LogP contribution is -2.36. The van der Waals surface area contributed by atoms with Crippen molar-refractivity contribution in [2.75, 3.05) is 18.4 Å². The third-order valence-electron chi connectivity index (χ3n) is 3.12. The molecular formula is C13H13F2N3O2. The molecule has 4 N–H and O–H groups in total. The first-order chi connectivity index (χ1) is 9.40. The molecule has 2 rings (SSSR count). The van der Waals surface area contributed by atoms with Gasteiger partial charge < -0.3 is 16.4 Å². The van der Waals surface area contributed by atoms with Crippen LogP contribution in [0.25, 0.3) is 0 Å². The monoisotopic (exact) mass is 281 g/mol. The van der Waals surface area contributed by atoms with Gasteiger partial charge in [-0.25, -0.2) is 8.78 Å². The third-order valence-corrected chi connectivity index (χ3v) is 3.12. The van der Waals surface area contributed by atoms with E-state index in [1.165, 1.54) is 0 Å². The Labute approximate surface area is 113 Å². The van der Waals surface area contributed by atoms with E-state index in [-0.39, 0.29) is 5.69 Å². The maximum Gasteiger partial charge on any atom is 0.251 e. The summed E-state index contributed by atoms with van der Waals surface area (Å²) in [6.07, 6.45) is 0. The molecule has 0 unspecified atom stereocenters. The Morgan fingerprint density at radius 2 is 1.90 bits per heavy atom. The van der Waals surface area contributed by atoms with E-state index in [1.807, 2.05) is 0 Å². The first kappa shape index (κ1) is 14.1. The van der Waals surface area contributed by atoms with Gasteiger partial charge in [-0.15, -0.1) is 0 Å². The van der Waals surface area contributed by atoms with E-state index in [0.717, 1.165) is 11.6 Å². The molecule has 1 aliphatic rings. The second kappa shape index (κ2) is 5.38. The van der Waals surface area contributed by atoms with E-state index >= 15 is 0 Å². The number of amides is 2. The second-order valence-electron chi connectivity index (χ2n) is 4.46. The lowest BCUT2D eigenvalue weighted by Gasteiger charge is -2.21. The first-order valence-corrected chi connectivity index (χ1v) is 5.89. The van der Waals surface area contributed by atoms with Crippen molar-refractivity contribution in [3.8, 4) is 0 Å². The van der Waals surface area contributed by atoms with Gasteiger partial charge in [-0.3, -0.25) is 9.59 Å². The minimum Gasteiger partial charge on any atom is -0.366 e. The Kier molecular flexibility index (Phi) is 3.80. The van der Waals surface area contributed by atoms with Gasteiger partial charge in [0.25, 0.3) is 11.8 Å². The molecule has 1 aliphatic heterocycles. The molecule has 2 amide bonds. The highest BCUT2D eigenvalue weighted by molar-refractivity contribution is 6.05. The van der Waals surface area contributed by atoms with Gasteiger partial charge in [0, 0.05) is 24.7 Å². The molecule has 0 aliphatic carbocycles. The molecule has 1 fully saturated rings. The number of benzene rings is 1. The molecule has 0 spiro atoms. The molecule has 1 aromatic rings. The molecule has 1 heterocycles. The van der Waals surface area contributed by atoms with Crippen molar-refractivity contribution in [1.82, 2.24) is 5.32 Å². The van der Waals surface area contributed by atoms with Crippen LogP contribution in [0.4, 0.5) is 14.5 Å². The molecule has 5 nitrogen and oxygen atoms in total. The fourth-order valence-electron chi connectivity index (χ4n) is 1.73. The zero-order valence-corrected chi connectivity index (χ0v) is 10.7. The Morgan fingerprint density at radius 3 is 2.40 bits per heavy atom. The van der Waals surface area contributed by atoms with E-state index in [4.69, 9.17) is 5.73 Å². The van der Waals surface area contributed by atoms with Gasteiger partial charge in [0.15, 0.2) is 0 Å². The van der Waals surface area contributed by atoms with Crippen molar-refractivity contribution in [3.05, 3.63) is 40.5 Å². The Morgan fingerprint density at radius 1 is 1.25 bits per heavy atom. The smallest absolute Gasteiger partial charge is 0.251 e. The molecule has 1 saturated heterocycles. The standard InChI is InChI=1S/C13H13F2N3O2/c1-6(7-4-17-5-7)13(20)18-11-2-8(12(16)19)9(14)3-10(11)15/h2-3,17H,4-5H2,1H3,(H2,16,19)(H,18,20). The van der Waals surface area contributed by atoms with Crippen LogP contribution < -0.4 is 16.4 Å². The first-order valence-electron chi connectivity index (χ1n) is 5.89. The summed E-state index contributed by atoms with van der Waals surface area (Å²) >= 11 is 0. The quantitative estimate of drug-likeness (QED) is 0.720. The summed E-state index contributed by atoms with van der Waals surface area (Å²) in [4.78, 5) is 22.9. The predicted octanol–water partition coefficient (Wildman–Crippen LogP) is 0.922. The number of halogens is 2. The third kappa shape index (κ3) is 2.67. The lowest BCUT2D eigenvalue weighted by atomic mass is 10.0. The lowest BCUT2D eigenvalue weighted by molar-refractivity contribution is -0.112. The van der Waals surface area contributed by atoms with Gasteiger partial charge >= 0.3 is 0 Å². The Balaban J connectivity index is 2.27. The summed E-state index contributed by atoms with van der Waals surface area (Å²) in [7, 11) is 0. The number of hydrogen-bond donors (Lipinski definition) is 3.